The molecule has 0 radical (unpaired) electrons. The Bertz CT molecular complexity index is 826. The number of aromatic nitrogens is 1. The van der Waals surface area contributed by atoms with Crippen molar-refractivity contribution in [2.45, 2.75) is 18.8 Å². The summed E-state index contributed by atoms with van der Waals surface area (Å²) in [5.74, 6) is 0.653. The molecule has 4 N–H and O–H groups in total. The average Bonchev–Trinajstić information content (AvgIpc) is 3.05. The van der Waals surface area contributed by atoms with Gasteiger partial charge in [0.2, 0.25) is 5.89 Å². The molecule has 1 heterocycles. The van der Waals surface area contributed by atoms with Crippen LogP contribution in [0.25, 0.3) is 11.5 Å². The van der Waals surface area contributed by atoms with E-state index in [9.17, 15) is 10.2 Å². The molecule has 0 saturated carbocycles. The summed E-state index contributed by atoms with van der Waals surface area (Å²) >= 11 is 0. The first-order chi connectivity index (χ1) is 11.2. The van der Waals surface area contributed by atoms with Gasteiger partial charge in [0.1, 0.15) is 17.9 Å². The summed E-state index contributed by atoms with van der Waals surface area (Å²) in [6, 6.07) is 14.8. The third-order valence-electron chi connectivity index (χ3n) is 4.24. The predicted octanol–water partition coefficient (Wildman–Crippen LogP) is 2.28. The van der Waals surface area contributed by atoms with Gasteiger partial charge in [-0.05, 0) is 22.8 Å². The van der Waals surface area contributed by atoms with E-state index in [0.717, 1.165) is 11.1 Å². The van der Waals surface area contributed by atoms with E-state index in [2.05, 4.69) is 4.98 Å². The van der Waals surface area contributed by atoms with E-state index >= 15 is 0 Å². The Kier molecular flexibility index (Phi) is 3.27. The Morgan fingerprint density at radius 3 is 2.35 bits per heavy atom. The van der Waals surface area contributed by atoms with Gasteiger partial charge in [0, 0.05) is 12.1 Å². The molecule has 4 rings (SSSR count). The first-order valence-corrected chi connectivity index (χ1v) is 7.44. The Hall–Kier alpha value is -2.47. The molecule has 0 aliphatic heterocycles. The third kappa shape index (κ3) is 2.09. The molecule has 116 valence electrons. The standard InChI is InChI=1S/C18H16N2O3/c19-9-10-5-1-2-6-11(10)18-20-14-15(21)12-7-3-4-8-13(12)16(22)17(14)23-18/h1-8,15-16,21-22H,9,19H2. The molecule has 2 atom stereocenters. The van der Waals surface area contributed by atoms with Crippen molar-refractivity contribution in [3.05, 3.63) is 76.7 Å². The normalized spacial score (nSPS) is 19.3. The van der Waals surface area contributed by atoms with Crippen LogP contribution in [-0.2, 0) is 6.54 Å². The van der Waals surface area contributed by atoms with E-state index in [0.29, 0.717) is 29.3 Å². The van der Waals surface area contributed by atoms with E-state index in [1.165, 1.54) is 0 Å². The van der Waals surface area contributed by atoms with E-state index in [-0.39, 0.29) is 5.76 Å². The molecule has 1 aromatic heterocycles. The summed E-state index contributed by atoms with van der Waals surface area (Å²) in [5.41, 5.74) is 9.09. The van der Waals surface area contributed by atoms with Crippen LogP contribution in [0.5, 0.6) is 0 Å². The van der Waals surface area contributed by atoms with Crippen molar-refractivity contribution in [1.29, 1.82) is 0 Å². The summed E-state index contributed by atoms with van der Waals surface area (Å²) in [7, 11) is 0. The van der Waals surface area contributed by atoms with E-state index < -0.39 is 12.2 Å². The van der Waals surface area contributed by atoms with Crippen molar-refractivity contribution >= 4 is 0 Å². The molecule has 3 aromatic rings. The predicted molar refractivity (Wildman–Crippen MR) is 84.4 cm³/mol. The largest absolute Gasteiger partial charge is 0.438 e. The molecule has 1 aliphatic carbocycles. The van der Waals surface area contributed by atoms with E-state index in [1.54, 1.807) is 12.1 Å². The number of benzene rings is 2. The fourth-order valence-electron chi connectivity index (χ4n) is 3.06. The van der Waals surface area contributed by atoms with Crippen molar-refractivity contribution in [3.8, 4) is 11.5 Å². The first-order valence-electron chi connectivity index (χ1n) is 7.44. The van der Waals surface area contributed by atoms with Gasteiger partial charge < -0.3 is 20.4 Å². The minimum absolute atomic E-state index is 0.290. The summed E-state index contributed by atoms with van der Waals surface area (Å²) in [6.07, 6.45) is -1.84. The minimum atomic E-state index is -0.934. The molecule has 1 aliphatic rings. The zero-order valence-corrected chi connectivity index (χ0v) is 12.3. The Balaban J connectivity index is 1.87. The van der Waals surface area contributed by atoms with Gasteiger partial charge in [0.25, 0.3) is 0 Å². The van der Waals surface area contributed by atoms with Gasteiger partial charge in [-0.25, -0.2) is 4.98 Å². The molecular weight excluding hydrogens is 292 g/mol. The van der Waals surface area contributed by atoms with Crippen LogP contribution >= 0.6 is 0 Å². The number of oxazole rings is 1. The summed E-state index contributed by atoms with van der Waals surface area (Å²) in [6.45, 7) is 0.356. The molecule has 23 heavy (non-hydrogen) atoms. The highest BCUT2D eigenvalue weighted by Gasteiger charge is 2.35. The van der Waals surface area contributed by atoms with Gasteiger partial charge in [-0.1, -0.05) is 42.5 Å². The van der Waals surface area contributed by atoms with Crippen LogP contribution in [0.15, 0.2) is 52.9 Å². The van der Waals surface area contributed by atoms with Gasteiger partial charge in [0.05, 0.1) is 0 Å². The summed E-state index contributed by atoms with van der Waals surface area (Å²) in [5, 5.41) is 21.1. The third-order valence-corrected chi connectivity index (χ3v) is 4.24. The fraction of sp³-hybridized carbons (Fsp3) is 0.167. The number of hydrogen-bond donors (Lipinski definition) is 3. The number of rotatable bonds is 2. The lowest BCUT2D eigenvalue weighted by molar-refractivity contribution is 0.151. The van der Waals surface area contributed by atoms with Crippen LogP contribution in [0.1, 0.15) is 40.4 Å². The molecule has 0 fully saturated rings. The van der Waals surface area contributed by atoms with Gasteiger partial charge >= 0.3 is 0 Å². The van der Waals surface area contributed by atoms with Crippen molar-refractivity contribution in [3.63, 3.8) is 0 Å². The molecule has 0 saturated heterocycles. The number of fused-ring (bicyclic) bond motifs is 2. The monoisotopic (exact) mass is 308 g/mol. The highest BCUT2D eigenvalue weighted by molar-refractivity contribution is 5.60. The first kappa shape index (κ1) is 14.1. The number of aliphatic hydroxyl groups excluding tert-OH is 2. The molecule has 2 aromatic carbocycles. The number of hydrogen-bond acceptors (Lipinski definition) is 5. The van der Waals surface area contributed by atoms with E-state index in [1.807, 2.05) is 36.4 Å². The van der Waals surface area contributed by atoms with Crippen molar-refractivity contribution in [1.82, 2.24) is 4.98 Å². The summed E-state index contributed by atoms with van der Waals surface area (Å²) < 4.78 is 5.80. The van der Waals surface area contributed by atoms with Gasteiger partial charge in [-0.2, -0.15) is 0 Å². The van der Waals surface area contributed by atoms with Gasteiger partial charge in [-0.15, -0.1) is 0 Å². The molecule has 5 nitrogen and oxygen atoms in total. The van der Waals surface area contributed by atoms with Crippen LogP contribution in [-0.4, -0.2) is 15.2 Å². The number of nitrogens with two attached hydrogens (primary N) is 1. The van der Waals surface area contributed by atoms with Crippen LogP contribution in [0.4, 0.5) is 0 Å². The maximum atomic E-state index is 10.6. The maximum absolute atomic E-state index is 10.6. The molecular formula is C18H16N2O3. The molecule has 0 spiro atoms. The number of aliphatic hydroxyl groups is 2. The molecule has 2 unspecified atom stereocenters. The molecule has 0 bridgehead atoms. The second-order valence-corrected chi connectivity index (χ2v) is 5.56. The SMILES string of the molecule is NCc1ccccc1-c1nc2c(o1)C(O)c1ccccc1C2O. The topological polar surface area (TPSA) is 92.5 Å². The Labute approximate surface area is 133 Å². The zero-order chi connectivity index (χ0) is 16.0. The lowest BCUT2D eigenvalue weighted by Gasteiger charge is -2.23. The van der Waals surface area contributed by atoms with Crippen molar-refractivity contribution in [2.24, 2.45) is 5.73 Å². The second-order valence-electron chi connectivity index (χ2n) is 5.56. The molecule has 5 heteroatoms. The lowest BCUT2D eigenvalue weighted by atomic mass is 9.88. The Morgan fingerprint density at radius 1 is 0.957 bits per heavy atom. The minimum Gasteiger partial charge on any atom is -0.438 e. The second kappa shape index (κ2) is 5.31. The highest BCUT2D eigenvalue weighted by Crippen LogP contribution is 2.42. The highest BCUT2D eigenvalue weighted by atomic mass is 16.4. The van der Waals surface area contributed by atoms with Crippen molar-refractivity contribution in [2.75, 3.05) is 0 Å². The van der Waals surface area contributed by atoms with Crippen LogP contribution in [0, 0.1) is 0 Å². The summed E-state index contributed by atoms with van der Waals surface area (Å²) in [4.78, 5) is 4.43. The smallest absolute Gasteiger partial charge is 0.227 e. The fourth-order valence-corrected chi connectivity index (χ4v) is 3.06. The van der Waals surface area contributed by atoms with E-state index in [4.69, 9.17) is 10.2 Å². The zero-order valence-electron chi connectivity index (χ0n) is 12.3. The van der Waals surface area contributed by atoms with Gasteiger partial charge in [0.15, 0.2) is 5.76 Å². The number of nitrogens with zero attached hydrogens (tertiary/aromatic N) is 1. The quantitative estimate of drug-likeness (QED) is 0.675. The van der Waals surface area contributed by atoms with Crippen LogP contribution in [0.3, 0.4) is 0 Å². The van der Waals surface area contributed by atoms with Crippen molar-refractivity contribution < 1.29 is 14.6 Å². The van der Waals surface area contributed by atoms with Crippen LogP contribution in [0.2, 0.25) is 0 Å². The maximum Gasteiger partial charge on any atom is 0.227 e. The van der Waals surface area contributed by atoms with Crippen LogP contribution < -0.4 is 5.73 Å². The lowest BCUT2D eigenvalue weighted by Crippen LogP contribution is -2.16. The Morgan fingerprint density at radius 2 is 1.61 bits per heavy atom. The van der Waals surface area contributed by atoms with Gasteiger partial charge in [-0.3, -0.25) is 0 Å². The average molecular weight is 308 g/mol. The molecule has 0 amide bonds.